The van der Waals surface area contributed by atoms with Crippen molar-refractivity contribution in [2.75, 3.05) is 18.5 Å². The Balaban J connectivity index is 1.22. The molecule has 1 saturated carbocycles. The highest BCUT2D eigenvalue weighted by atomic mass is 16.5. The van der Waals surface area contributed by atoms with Crippen molar-refractivity contribution in [3.05, 3.63) is 71.5 Å². The standard InChI is InChI=1S/C25H24N4O5/c1-29-22(23(30)26-11-14-10-19(14)24(31)32)21(12-27-29)28-25(33)34-13-20-17-8-4-2-6-15(17)16-7-3-5-9-18(16)20/h2-9,12,14,19-20H,10-11,13H2,1H3,(H,26,30)(H,28,33)(H,31,32). The maximum Gasteiger partial charge on any atom is 0.411 e. The van der Waals surface area contributed by atoms with Crippen LogP contribution in [-0.2, 0) is 16.6 Å². The molecule has 0 aliphatic heterocycles. The lowest BCUT2D eigenvalue weighted by Crippen LogP contribution is -2.29. The number of hydrogen-bond acceptors (Lipinski definition) is 5. The zero-order chi connectivity index (χ0) is 23.8. The number of aliphatic carboxylic acids is 1. The lowest BCUT2D eigenvalue weighted by atomic mass is 9.98. The van der Waals surface area contributed by atoms with Crippen LogP contribution < -0.4 is 10.6 Å². The van der Waals surface area contributed by atoms with Gasteiger partial charge in [-0.2, -0.15) is 5.10 Å². The van der Waals surface area contributed by atoms with Crippen molar-refractivity contribution >= 4 is 23.7 Å². The molecule has 2 unspecified atom stereocenters. The summed E-state index contributed by atoms with van der Waals surface area (Å²) in [5.74, 6) is -1.85. The first-order chi connectivity index (χ1) is 16.4. The van der Waals surface area contributed by atoms with E-state index in [1.54, 1.807) is 7.05 Å². The Morgan fingerprint density at radius 3 is 2.35 bits per heavy atom. The Morgan fingerprint density at radius 1 is 1.09 bits per heavy atom. The third-order valence-electron chi connectivity index (χ3n) is 6.50. The molecule has 3 aromatic rings. The molecule has 0 saturated heterocycles. The van der Waals surface area contributed by atoms with E-state index in [2.05, 4.69) is 27.9 Å². The van der Waals surface area contributed by atoms with Crippen molar-refractivity contribution < 1.29 is 24.2 Å². The number of ether oxygens (including phenoxy) is 1. The summed E-state index contributed by atoms with van der Waals surface area (Å²) >= 11 is 0. The average Bonchev–Trinajstić information content (AvgIpc) is 3.44. The first kappa shape index (κ1) is 21.7. The molecule has 2 atom stereocenters. The predicted octanol–water partition coefficient (Wildman–Crippen LogP) is 3.23. The van der Waals surface area contributed by atoms with Crippen LogP contribution in [0.1, 0.15) is 34.0 Å². The highest BCUT2D eigenvalue weighted by Gasteiger charge is 2.43. The molecule has 2 amide bonds. The normalized spacial score (nSPS) is 18.0. The highest BCUT2D eigenvalue weighted by molar-refractivity contribution is 6.01. The second kappa shape index (κ2) is 8.66. The third-order valence-corrected chi connectivity index (χ3v) is 6.50. The summed E-state index contributed by atoms with van der Waals surface area (Å²) in [4.78, 5) is 36.3. The van der Waals surface area contributed by atoms with Gasteiger partial charge < -0.3 is 15.2 Å². The van der Waals surface area contributed by atoms with Crippen LogP contribution in [0.25, 0.3) is 11.1 Å². The van der Waals surface area contributed by atoms with E-state index in [4.69, 9.17) is 9.84 Å². The molecular weight excluding hydrogens is 436 g/mol. The van der Waals surface area contributed by atoms with Crippen LogP contribution >= 0.6 is 0 Å². The Morgan fingerprint density at radius 2 is 1.74 bits per heavy atom. The van der Waals surface area contributed by atoms with Crippen molar-refractivity contribution in [3.63, 3.8) is 0 Å². The number of hydrogen-bond donors (Lipinski definition) is 3. The van der Waals surface area contributed by atoms with Crippen LogP contribution in [0.2, 0.25) is 0 Å². The average molecular weight is 460 g/mol. The van der Waals surface area contributed by atoms with Gasteiger partial charge >= 0.3 is 12.1 Å². The van der Waals surface area contributed by atoms with E-state index in [9.17, 15) is 14.4 Å². The quantitative estimate of drug-likeness (QED) is 0.498. The van der Waals surface area contributed by atoms with Gasteiger partial charge in [0.2, 0.25) is 0 Å². The summed E-state index contributed by atoms with van der Waals surface area (Å²) in [5.41, 5.74) is 4.89. The maximum absolute atomic E-state index is 12.7. The zero-order valence-electron chi connectivity index (χ0n) is 18.5. The van der Waals surface area contributed by atoms with E-state index in [0.717, 1.165) is 22.3 Å². The number of nitrogens with zero attached hydrogens (tertiary/aromatic N) is 2. The molecule has 2 aliphatic rings. The Labute approximate surface area is 195 Å². The van der Waals surface area contributed by atoms with Gasteiger partial charge in [-0.3, -0.25) is 19.6 Å². The smallest absolute Gasteiger partial charge is 0.411 e. The number of aryl methyl sites for hydroxylation is 1. The molecule has 0 bridgehead atoms. The lowest BCUT2D eigenvalue weighted by molar-refractivity contribution is -0.138. The lowest BCUT2D eigenvalue weighted by Gasteiger charge is -2.14. The second-order valence-corrected chi connectivity index (χ2v) is 8.63. The van der Waals surface area contributed by atoms with Gasteiger partial charge in [-0.15, -0.1) is 0 Å². The van der Waals surface area contributed by atoms with E-state index in [1.807, 2.05) is 36.4 Å². The molecule has 9 heteroatoms. The number of rotatable bonds is 7. The van der Waals surface area contributed by atoms with Gasteiger partial charge in [0.1, 0.15) is 12.3 Å². The van der Waals surface area contributed by atoms with E-state index >= 15 is 0 Å². The van der Waals surface area contributed by atoms with Crippen LogP contribution in [0.5, 0.6) is 0 Å². The molecule has 1 heterocycles. The summed E-state index contributed by atoms with van der Waals surface area (Å²) in [5, 5.41) is 18.4. The summed E-state index contributed by atoms with van der Waals surface area (Å²) in [6, 6.07) is 16.1. The molecular formula is C25H24N4O5. The first-order valence-electron chi connectivity index (χ1n) is 11.1. The molecule has 0 spiro atoms. The highest BCUT2D eigenvalue weighted by Crippen LogP contribution is 2.44. The fraction of sp³-hybridized carbons (Fsp3) is 0.280. The van der Waals surface area contributed by atoms with Crippen LogP contribution in [0, 0.1) is 11.8 Å². The van der Waals surface area contributed by atoms with Gasteiger partial charge in [-0.1, -0.05) is 48.5 Å². The predicted molar refractivity (Wildman–Crippen MR) is 123 cm³/mol. The fourth-order valence-corrected chi connectivity index (χ4v) is 4.63. The molecule has 2 aromatic carbocycles. The van der Waals surface area contributed by atoms with Crippen molar-refractivity contribution in [2.45, 2.75) is 12.3 Å². The molecule has 34 heavy (non-hydrogen) atoms. The Bertz CT molecular complexity index is 1240. The summed E-state index contributed by atoms with van der Waals surface area (Å²) < 4.78 is 6.91. The summed E-state index contributed by atoms with van der Waals surface area (Å²) in [6.45, 7) is 0.408. The van der Waals surface area contributed by atoms with Crippen LogP contribution in [-0.4, -0.2) is 46.0 Å². The number of nitrogens with one attached hydrogen (secondary N) is 2. The number of carbonyl (C=O) groups excluding carboxylic acids is 2. The summed E-state index contributed by atoms with van der Waals surface area (Å²) in [7, 11) is 1.59. The van der Waals surface area contributed by atoms with Crippen LogP contribution in [0.15, 0.2) is 54.7 Å². The largest absolute Gasteiger partial charge is 0.481 e. The van der Waals surface area contributed by atoms with Gasteiger partial charge in [-0.25, -0.2) is 4.79 Å². The molecule has 0 radical (unpaired) electrons. The van der Waals surface area contributed by atoms with E-state index < -0.39 is 23.9 Å². The number of carboxylic acid groups (broad SMARTS) is 1. The molecule has 174 valence electrons. The van der Waals surface area contributed by atoms with Crippen LogP contribution in [0.4, 0.5) is 10.5 Å². The van der Waals surface area contributed by atoms with Crippen molar-refractivity contribution in [3.8, 4) is 11.1 Å². The van der Waals surface area contributed by atoms with Gasteiger partial charge in [0, 0.05) is 19.5 Å². The number of carbonyl (C=O) groups is 3. The van der Waals surface area contributed by atoms with Gasteiger partial charge in [0.25, 0.3) is 5.91 Å². The molecule has 1 fully saturated rings. The number of amides is 2. The van der Waals surface area contributed by atoms with Crippen molar-refractivity contribution in [1.29, 1.82) is 0 Å². The minimum absolute atomic E-state index is 0.0736. The fourth-order valence-electron chi connectivity index (χ4n) is 4.63. The number of benzene rings is 2. The second-order valence-electron chi connectivity index (χ2n) is 8.63. The molecule has 2 aliphatic carbocycles. The van der Waals surface area contributed by atoms with Crippen molar-refractivity contribution in [2.24, 2.45) is 18.9 Å². The topological polar surface area (TPSA) is 123 Å². The van der Waals surface area contributed by atoms with E-state index in [-0.39, 0.29) is 36.4 Å². The maximum atomic E-state index is 12.7. The molecule has 3 N–H and O–H groups in total. The number of anilines is 1. The van der Waals surface area contributed by atoms with Gasteiger partial charge in [-0.05, 0) is 34.6 Å². The van der Waals surface area contributed by atoms with Crippen LogP contribution in [0.3, 0.4) is 0 Å². The SMILES string of the molecule is Cn1ncc(NC(=O)OCC2c3ccccc3-c3ccccc32)c1C(=O)NCC1CC1C(=O)O. The van der Waals surface area contributed by atoms with E-state index in [1.165, 1.54) is 10.9 Å². The Kier molecular flexibility index (Phi) is 5.53. The molecule has 5 rings (SSSR count). The Hall–Kier alpha value is -4.14. The minimum atomic E-state index is -0.850. The van der Waals surface area contributed by atoms with E-state index in [0.29, 0.717) is 6.42 Å². The first-order valence-corrected chi connectivity index (χ1v) is 11.1. The number of aromatic nitrogens is 2. The third kappa shape index (κ3) is 4.00. The van der Waals surface area contributed by atoms with Crippen molar-refractivity contribution in [1.82, 2.24) is 15.1 Å². The number of carboxylic acids is 1. The summed E-state index contributed by atoms with van der Waals surface area (Å²) in [6.07, 6.45) is 1.25. The van der Waals surface area contributed by atoms with Gasteiger partial charge in [0.05, 0.1) is 17.8 Å². The minimum Gasteiger partial charge on any atom is -0.481 e. The zero-order valence-corrected chi connectivity index (χ0v) is 18.5. The molecule has 1 aromatic heterocycles. The van der Waals surface area contributed by atoms with Gasteiger partial charge in [0.15, 0.2) is 0 Å². The monoisotopic (exact) mass is 460 g/mol. The molecule has 9 nitrogen and oxygen atoms in total. The number of fused-ring (bicyclic) bond motifs is 3.